The number of hydrogen-bond donors (Lipinski definition) is 0. The number of thiocarbonyl (C=S) groups is 1. The smallest absolute Gasteiger partial charge is 0.161 e. The van der Waals surface area contributed by atoms with Crippen LogP contribution in [-0.4, -0.2) is 29.0 Å². The highest BCUT2D eigenvalue weighted by Crippen LogP contribution is 2.36. The fourth-order valence-electron chi connectivity index (χ4n) is 2.72. The van der Waals surface area contributed by atoms with Gasteiger partial charge in [0.2, 0.25) is 0 Å². The molecule has 2 atom stereocenters. The number of ether oxygens (including phenoxy) is 1. The van der Waals surface area contributed by atoms with Crippen molar-refractivity contribution >= 4 is 39.7 Å². The largest absolute Gasteiger partial charge is 0.377 e. The van der Waals surface area contributed by atoms with Crippen molar-refractivity contribution in [1.82, 2.24) is 0 Å². The fraction of sp³-hybridized carbons (Fsp3) is 0.467. The Morgan fingerprint density at radius 2 is 2.20 bits per heavy atom. The number of thioether (sulfide) groups is 1. The van der Waals surface area contributed by atoms with Crippen molar-refractivity contribution in [2.75, 3.05) is 17.9 Å². The molecule has 0 spiro atoms. The number of hydrogen-bond acceptors (Lipinski definition) is 4. The Morgan fingerprint density at radius 3 is 2.90 bits per heavy atom. The van der Waals surface area contributed by atoms with E-state index in [0.29, 0.717) is 12.0 Å². The summed E-state index contributed by atoms with van der Waals surface area (Å²) in [5.41, 5.74) is 2.26. The van der Waals surface area contributed by atoms with Crippen LogP contribution in [0, 0.1) is 5.92 Å². The van der Waals surface area contributed by atoms with E-state index in [1.54, 1.807) is 11.8 Å². The van der Waals surface area contributed by atoms with E-state index in [1.165, 1.54) is 12.1 Å². The molecule has 2 unspecified atom stereocenters. The summed E-state index contributed by atoms with van der Waals surface area (Å²) in [5, 5.41) is 6.70. The van der Waals surface area contributed by atoms with Gasteiger partial charge < -0.3 is 4.74 Å². The number of fused-ring (bicyclic) bond motifs is 1. The summed E-state index contributed by atoms with van der Waals surface area (Å²) in [7, 11) is 0. The van der Waals surface area contributed by atoms with E-state index in [-0.39, 0.29) is 0 Å². The van der Waals surface area contributed by atoms with Gasteiger partial charge in [0.05, 0.1) is 11.8 Å². The average Bonchev–Trinajstić information content (AvgIpc) is 2.49. The lowest BCUT2D eigenvalue weighted by Crippen LogP contribution is -2.47. The molecule has 1 aromatic rings. The first-order chi connectivity index (χ1) is 9.79. The monoisotopic (exact) mass is 306 g/mol. The number of para-hydroxylation sites is 1. The van der Waals surface area contributed by atoms with Gasteiger partial charge in [0, 0.05) is 24.7 Å². The maximum absolute atomic E-state index is 5.74. The third-order valence-electron chi connectivity index (χ3n) is 3.86. The van der Waals surface area contributed by atoms with E-state index in [1.807, 2.05) is 41.6 Å². The molecular formula is C15H18N2OS2. The second kappa shape index (κ2) is 6.24. The lowest BCUT2D eigenvalue weighted by Gasteiger charge is -2.42. The molecule has 106 valence electrons. The van der Waals surface area contributed by atoms with E-state index < -0.39 is 0 Å². The molecule has 0 amide bonds. The van der Waals surface area contributed by atoms with Crippen molar-refractivity contribution in [2.24, 2.45) is 11.0 Å². The second-order valence-corrected chi connectivity index (χ2v) is 6.51. The number of rotatable bonds is 2. The van der Waals surface area contributed by atoms with Crippen LogP contribution >= 0.6 is 24.0 Å². The van der Waals surface area contributed by atoms with Crippen LogP contribution in [0.2, 0.25) is 0 Å². The van der Waals surface area contributed by atoms with E-state index >= 15 is 0 Å². The Hall–Kier alpha value is -0.910. The molecule has 1 aromatic carbocycles. The molecule has 1 saturated heterocycles. The molecule has 3 nitrogen and oxygen atoms in total. The lowest BCUT2D eigenvalue weighted by molar-refractivity contribution is -0.0227. The number of nitrogens with zero attached hydrogens (tertiary/aromatic N) is 2. The summed E-state index contributed by atoms with van der Waals surface area (Å²) < 4.78 is 6.53. The molecule has 0 radical (unpaired) electrons. The summed E-state index contributed by atoms with van der Waals surface area (Å²) in [5.74, 6) is 0.500. The van der Waals surface area contributed by atoms with Crippen LogP contribution in [0.15, 0.2) is 35.4 Å². The molecular weight excluding hydrogens is 288 g/mol. The van der Waals surface area contributed by atoms with Gasteiger partial charge in [-0.25, -0.2) is 5.01 Å². The van der Waals surface area contributed by atoms with Crippen molar-refractivity contribution in [3.05, 3.63) is 30.3 Å². The van der Waals surface area contributed by atoms with Crippen molar-refractivity contribution < 1.29 is 4.74 Å². The molecule has 5 heteroatoms. The maximum atomic E-state index is 5.74. The summed E-state index contributed by atoms with van der Waals surface area (Å²) in [6, 6.07) is 10.1. The van der Waals surface area contributed by atoms with Crippen molar-refractivity contribution in [2.45, 2.75) is 25.4 Å². The third-order valence-corrected chi connectivity index (χ3v) is 5.05. The minimum absolute atomic E-state index is 0.392. The fourth-order valence-corrected chi connectivity index (χ4v) is 3.19. The predicted octanol–water partition coefficient (Wildman–Crippen LogP) is 3.70. The first kappa shape index (κ1) is 14.0. The van der Waals surface area contributed by atoms with Crippen LogP contribution in [0.4, 0.5) is 5.69 Å². The SMILES string of the molecule is CSC(=S)N(/N=C1/CC2OCCCC12)c1ccccc1. The summed E-state index contributed by atoms with van der Waals surface area (Å²) in [6.45, 7) is 0.903. The molecule has 1 saturated carbocycles. The molecule has 20 heavy (non-hydrogen) atoms. The predicted molar refractivity (Wildman–Crippen MR) is 89.6 cm³/mol. The molecule has 2 aliphatic rings. The van der Waals surface area contributed by atoms with Crippen LogP contribution in [0.5, 0.6) is 0 Å². The van der Waals surface area contributed by atoms with Crippen LogP contribution in [0.25, 0.3) is 0 Å². The molecule has 1 heterocycles. The Bertz CT molecular complexity index is 518. The molecule has 0 aromatic heterocycles. The number of anilines is 1. The lowest BCUT2D eigenvalue weighted by atomic mass is 9.75. The van der Waals surface area contributed by atoms with E-state index in [0.717, 1.165) is 29.5 Å². The summed E-state index contributed by atoms with van der Waals surface area (Å²) in [6.07, 6.45) is 5.66. The van der Waals surface area contributed by atoms with E-state index in [2.05, 4.69) is 0 Å². The highest BCUT2D eigenvalue weighted by molar-refractivity contribution is 8.22. The van der Waals surface area contributed by atoms with Crippen molar-refractivity contribution in [3.8, 4) is 0 Å². The van der Waals surface area contributed by atoms with E-state index in [9.17, 15) is 0 Å². The van der Waals surface area contributed by atoms with Gasteiger partial charge >= 0.3 is 0 Å². The van der Waals surface area contributed by atoms with Gasteiger partial charge in [-0.3, -0.25) is 0 Å². The summed E-state index contributed by atoms with van der Waals surface area (Å²) in [4.78, 5) is 0. The van der Waals surface area contributed by atoms with Crippen LogP contribution in [0.1, 0.15) is 19.3 Å². The topological polar surface area (TPSA) is 24.8 Å². The van der Waals surface area contributed by atoms with Gasteiger partial charge in [-0.1, -0.05) is 42.2 Å². The van der Waals surface area contributed by atoms with Crippen LogP contribution in [0.3, 0.4) is 0 Å². The molecule has 2 fully saturated rings. The Kier molecular flexibility index (Phi) is 4.38. The molecule has 1 aliphatic heterocycles. The summed E-state index contributed by atoms with van der Waals surface area (Å²) >= 11 is 7.00. The highest BCUT2D eigenvalue weighted by atomic mass is 32.2. The quantitative estimate of drug-likeness (QED) is 0.614. The number of hydrazone groups is 1. The zero-order valence-electron chi connectivity index (χ0n) is 11.5. The molecule has 1 aliphatic carbocycles. The first-order valence-corrected chi connectivity index (χ1v) is 8.55. The van der Waals surface area contributed by atoms with Gasteiger partial charge in [0.15, 0.2) is 4.32 Å². The number of benzene rings is 1. The normalized spacial score (nSPS) is 26.8. The standard InChI is InChI=1S/C15H18N2OS2/c1-20-15(19)17(11-6-3-2-4-7-11)16-13-10-14-12(13)8-5-9-18-14/h2-4,6-7,12,14H,5,8-10H2,1H3/b16-13-. The average molecular weight is 306 g/mol. The van der Waals surface area contributed by atoms with Gasteiger partial charge in [0.1, 0.15) is 0 Å². The van der Waals surface area contributed by atoms with E-state index in [4.69, 9.17) is 22.1 Å². The van der Waals surface area contributed by atoms with Gasteiger partial charge in [0.25, 0.3) is 0 Å². The second-order valence-electron chi connectivity index (χ2n) is 5.07. The zero-order chi connectivity index (χ0) is 13.9. The molecule has 0 N–H and O–H groups in total. The van der Waals surface area contributed by atoms with Crippen molar-refractivity contribution in [1.29, 1.82) is 0 Å². The highest BCUT2D eigenvalue weighted by Gasteiger charge is 2.41. The Balaban J connectivity index is 1.82. The van der Waals surface area contributed by atoms with Gasteiger partial charge in [-0.2, -0.15) is 5.10 Å². The van der Waals surface area contributed by atoms with Gasteiger partial charge in [-0.05, 0) is 31.2 Å². The minimum Gasteiger partial charge on any atom is -0.377 e. The third kappa shape index (κ3) is 2.75. The molecule has 3 rings (SSSR count). The van der Waals surface area contributed by atoms with Crippen LogP contribution < -0.4 is 5.01 Å². The Labute approximate surface area is 129 Å². The van der Waals surface area contributed by atoms with Crippen LogP contribution in [-0.2, 0) is 4.74 Å². The zero-order valence-corrected chi connectivity index (χ0v) is 13.1. The molecule has 0 bridgehead atoms. The van der Waals surface area contributed by atoms with Crippen molar-refractivity contribution in [3.63, 3.8) is 0 Å². The van der Waals surface area contributed by atoms with Gasteiger partial charge in [-0.15, -0.1) is 0 Å². The minimum atomic E-state index is 0.392. The first-order valence-electron chi connectivity index (χ1n) is 6.91. The maximum Gasteiger partial charge on any atom is 0.161 e. The Morgan fingerprint density at radius 1 is 1.40 bits per heavy atom.